The molecule has 0 radical (unpaired) electrons. The molecule has 5 N–H and O–H groups in total. The van der Waals surface area contributed by atoms with E-state index < -0.39 is 0 Å². The van der Waals surface area contributed by atoms with Crippen molar-refractivity contribution in [2.24, 2.45) is 0 Å². The Labute approximate surface area is 288 Å². The van der Waals surface area contributed by atoms with Gasteiger partial charge in [0.15, 0.2) is 0 Å². The zero-order chi connectivity index (χ0) is 31.2. The van der Waals surface area contributed by atoms with Gasteiger partial charge in [0.05, 0.1) is 0 Å². The van der Waals surface area contributed by atoms with Gasteiger partial charge in [0, 0.05) is 13.1 Å². The van der Waals surface area contributed by atoms with Crippen LogP contribution < -0.4 is 16.0 Å². The fourth-order valence-electron chi connectivity index (χ4n) is 5.15. The lowest BCUT2D eigenvalue weighted by atomic mass is 9.78. The van der Waals surface area contributed by atoms with Crippen LogP contribution in [0.25, 0.3) is 0 Å². The number of aromatic hydroxyl groups is 2. The normalized spacial score (nSPS) is 12.3. The van der Waals surface area contributed by atoms with Crippen molar-refractivity contribution in [3.63, 3.8) is 0 Å². The zero-order valence-corrected chi connectivity index (χ0v) is 32.0. The summed E-state index contributed by atoms with van der Waals surface area (Å²) < 4.78 is 0. The van der Waals surface area contributed by atoms with E-state index in [4.69, 9.17) is 0 Å². The Morgan fingerprint density at radius 3 is 0.886 bits per heavy atom. The Kier molecular flexibility index (Phi) is 18.6. The van der Waals surface area contributed by atoms with Crippen molar-refractivity contribution in [1.82, 2.24) is 16.0 Å². The van der Waals surface area contributed by atoms with Crippen LogP contribution in [-0.4, -0.2) is 36.4 Å². The van der Waals surface area contributed by atoms with E-state index in [2.05, 4.69) is 123 Å². The average molecular weight is 677 g/mol. The van der Waals surface area contributed by atoms with Gasteiger partial charge in [-0.1, -0.05) is 107 Å². The Balaban J connectivity index is 0. The predicted molar refractivity (Wildman–Crippen MR) is 198 cm³/mol. The van der Waals surface area contributed by atoms with Crippen molar-refractivity contribution < 1.29 is 10.2 Å². The van der Waals surface area contributed by atoms with E-state index in [9.17, 15) is 10.2 Å². The van der Waals surface area contributed by atoms with Crippen molar-refractivity contribution in [3.05, 3.63) is 57.6 Å². The van der Waals surface area contributed by atoms with Crippen molar-refractivity contribution in [2.75, 3.05) is 26.2 Å². The smallest absolute Gasteiger partial charge is 0.123 e. The molecule has 8 heteroatoms. The second-order valence-corrected chi connectivity index (χ2v) is 15.9. The van der Waals surface area contributed by atoms with Crippen LogP contribution in [0.4, 0.5) is 0 Å². The number of hydrogen-bond acceptors (Lipinski definition) is 5. The number of nitrogens with one attached hydrogen (secondary N) is 3. The zero-order valence-electron chi connectivity index (χ0n) is 29.6. The highest BCUT2D eigenvalue weighted by Crippen LogP contribution is 2.41. The minimum absolute atomic E-state index is 0. The molecule has 44 heavy (non-hydrogen) atoms. The van der Waals surface area contributed by atoms with Crippen LogP contribution in [0.2, 0.25) is 0 Å². The lowest BCUT2D eigenvalue weighted by Crippen LogP contribution is -2.25. The van der Waals surface area contributed by atoms with Crippen molar-refractivity contribution in [2.45, 2.75) is 131 Å². The lowest BCUT2D eigenvalue weighted by Gasteiger charge is -2.28. The van der Waals surface area contributed by atoms with Crippen molar-refractivity contribution in [3.8, 4) is 11.5 Å². The molecule has 2 rings (SSSR count). The molecular formula is C36H64Cl3N3O2. The molecule has 0 atom stereocenters. The fourth-order valence-corrected chi connectivity index (χ4v) is 5.15. The van der Waals surface area contributed by atoms with E-state index in [1.165, 1.54) is 11.1 Å². The number of rotatable bonds is 12. The summed E-state index contributed by atoms with van der Waals surface area (Å²) in [7, 11) is 0. The van der Waals surface area contributed by atoms with Gasteiger partial charge in [0.1, 0.15) is 11.5 Å². The molecule has 0 amide bonds. The monoisotopic (exact) mass is 675 g/mol. The topological polar surface area (TPSA) is 76.5 Å². The maximum absolute atomic E-state index is 10.9. The Hall–Kier alpha value is -1.21. The molecule has 0 aliphatic heterocycles. The molecule has 0 saturated carbocycles. The van der Waals surface area contributed by atoms with Crippen LogP contribution >= 0.6 is 37.2 Å². The molecule has 0 heterocycles. The Morgan fingerprint density at radius 1 is 0.432 bits per heavy atom. The van der Waals surface area contributed by atoms with E-state index in [0.717, 1.165) is 74.4 Å². The van der Waals surface area contributed by atoms with Gasteiger partial charge in [-0.05, 0) is 94.1 Å². The Morgan fingerprint density at radius 2 is 0.659 bits per heavy atom. The molecular weight excluding hydrogens is 613 g/mol. The van der Waals surface area contributed by atoms with Crippen LogP contribution in [0, 0.1) is 0 Å². The molecule has 2 aromatic rings. The number of hydrogen-bond donors (Lipinski definition) is 5. The Bertz CT molecular complexity index is 982. The molecule has 0 spiro atoms. The largest absolute Gasteiger partial charge is 0.507 e. The molecule has 0 bridgehead atoms. The highest BCUT2D eigenvalue weighted by Gasteiger charge is 2.27. The van der Waals surface area contributed by atoms with Gasteiger partial charge < -0.3 is 26.2 Å². The van der Waals surface area contributed by atoms with Gasteiger partial charge >= 0.3 is 0 Å². The number of halogens is 3. The van der Waals surface area contributed by atoms with Gasteiger partial charge in [-0.3, -0.25) is 0 Å². The molecule has 2 aromatic carbocycles. The van der Waals surface area contributed by atoms with Gasteiger partial charge in [0.2, 0.25) is 0 Å². The maximum Gasteiger partial charge on any atom is 0.123 e. The third-order valence-electron chi connectivity index (χ3n) is 7.64. The van der Waals surface area contributed by atoms with Gasteiger partial charge in [-0.2, -0.15) is 0 Å². The van der Waals surface area contributed by atoms with Gasteiger partial charge in [0.25, 0.3) is 0 Å². The highest BCUT2D eigenvalue weighted by atomic mass is 35.5. The van der Waals surface area contributed by atoms with Crippen LogP contribution in [-0.2, 0) is 34.7 Å². The first-order valence-electron chi connectivity index (χ1n) is 15.6. The minimum atomic E-state index is -0.104. The first-order chi connectivity index (χ1) is 18.7. The molecule has 0 saturated heterocycles. The molecule has 5 nitrogen and oxygen atoms in total. The van der Waals surface area contributed by atoms with Crippen LogP contribution in [0.5, 0.6) is 11.5 Å². The second-order valence-electron chi connectivity index (χ2n) is 15.9. The average Bonchev–Trinajstić information content (AvgIpc) is 2.81. The summed E-state index contributed by atoms with van der Waals surface area (Å²) in [6.07, 6.45) is 2.14. The van der Waals surface area contributed by atoms with Crippen LogP contribution in [0.3, 0.4) is 0 Å². The first kappa shape index (κ1) is 44.9. The first-order valence-corrected chi connectivity index (χ1v) is 15.6. The van der Waals surface area contributed by atoms with E-state index in [1.807, 2.05) is 0 Å². The predicted octanol–water partition coefficient (Wildman–Crippen LogP) is 8.80. The van der Waals surface area contributed by atoms with E-state index in [-0.39, 0.29) is 58.9 Å². The molecule has 0 unspecified atom stereocenters. The summed E-state index contributed by atoms with van der Waals surface area (Å²) >= 11 is 0. The molecule has 0 aliphatic rings. The van der Waals surface area contributed by atoms with E-state index in [0.29, 0.717) is 11.5 Å². The quantitative estimate of drug-likeness (QED) is 0.145. The second kappa shape index (κ2) is 18.2. The van der Waals surface area contributed by atoms with Crippen molar-refractivity contribution >= 4 is 37.2 Å². The maximum atomic E-state index is 10.9. The summed E-state index contributed by atoms with van der Waals surface area (Å²) in [6, 6.07) is 8.65. The van der Waals surface area contributed by atoms with Gasteiger partial charge in [-0.25, -0.2) is 0 Å². The standard InChI is InChI=1S/C36H61N3O2.3ClH/c1-33(2,3)27-19-25(20-28(31(27)40)34(4,5)6)23-38-17-13-15-37-16-14-18-39-24-26-21-29(35(7,8)9)32(41)30(22-26)36(10,11)12;;;/h19-22,37-41H,13-18,23-24H2,1-12H3;3*1H. The van der Waals surface area contributed by atoms with E-state index >= 15 is 0 Å². The fraction of sp³-hybridized carbons (Fsp3) is 0.667. The summed E-state index contributed by atoms with van der Waals surface area (Å²) in [4.78, 5) is 0. The molecule has 0 aromatic heterocycles. The van der Waals surface area contributed by atoms with Crippen LogP contribution in [0.1, 0.15) is 129 Å². The summed E-state index contributed by atoms with van der Waals surface area (Å²) in [6.45, 7) is 31.4. The highest BCUT2D eigenvalue weighted by molar-refractivity contribution is 5.86. The van der Waals surface area contributed by atoms with E-state index in [1.54, 1.807) is 0 Å². The number of phenolic OH excluding ortho intramolecular Hbond substituents is 2. The SMILES string of the molecule is CC(C)(C)c1cc(CNCCCNCCCNCc2cc(C(C)(C)C)c(O)c(C(C)(C)C)c2)cc(C(C)(C)C)c1O.Cl.Cl.Cl. The molecule has 0 fully saturated rings. The van der Waals surface area contributed by atoms with Gasteiger partial charge in [-0.15, -0.1) is 37.2 Å². The third kappa shape index (κ3) is 13.6. The molecule has 256 valence electrons. The number of phenols is 2. The summed E-state index contributed by atoms with van der Waals surface area (Å²) in [5.74, 6) is 0.889. The third-order valence-corrected chi connectivity index (χ3v) is 7.64. The van der Waals surface area contributed by atoms with Crippen LogP contribution in [0.15, 0.2) is 24.3 Å². The van der Waals surface area contributed by atoms with Crippen molar-refractivity contribution in [1.29, 1.82) is 0 Å². The number of benzene rings is 2. The molecule has 0 aliphatic carbocycles. The summed E-state index contributed by atoms with van der Waals surface area (Å²) in [5.41, 5.74) is 6.13. The minimum Gasteiger partial charge on any atom is -0.507 e. The lowest BCUT2D eigenvalue weighted by molar-refractivity contribution is 0.421. The summed E-state index contributed by atoms with van der Waals surface area (Å²) in [5, 5.41) is 32.6.